The quantitative estimate of drug-likeness (QED) is 0.474. The Morgan fingerprint density at radius 1 is 1.00 bits per heavy atom. The fourth-order valence-electron chi connectivity index (χ4n) is 1.88. The lowest BCUT2D eigenvalue weighted by atomic mass is 9.79. The summed E-state index contributed by atoms with van der Waals surface area (Å²) in [6, 6.07) is 7.96. The molecule has 4 nitrogen and oxygen atoms in total. The van der Waals surface area contributed by atoms with Gasteiger partial charge in [-0.05, 0) is 38.7 Å². The molecule has 1 aliphatic heterocycles. The summed E-state index contributed by atoms with van der Waals surface area (Å²) in [7, 11) is 1.18. The first kappa shape index (κ1) is 14.5. The van der Waals surface area contributed by atoms with Gasteiger partial charge >= 0.3 is 7.12 Å². The fraction of sp³-hybridized carbons (Fsp3) is 0.571. The Labute approximate surface area is 115 Å². The van der Waals surface area contributed by atoms with E-state index in [1.54, 1.807) is 0 Å². The maximum absolute atomic E-state index is 5.99. The number of hydrogen-bond donors (Lipinski definition) is 0. The molecule has 0 aromatic heterocycles. The Morgan fingerprint density at radius 3 is 2.00 bits per heavy atom. The van der Waals surface area contributed by atoms with Crippen LogP contribution in [0.3, 0.4) is 0 Å². The molecule has 1 aromatic carbocycles. The molecule has 1 aliphatic rings. The highest BCUT2D eigenvalue weighted by Gasteiger charge is 2.51. The maximum Gasteiger partial charge on any atom is 0.494 e. The van der Waals surface area contributed by atoms with Crippen molar-refractivity contribution in [1.29, 1.82) is 0 Å². The molecule has 104 valence electrons. The average Bonchev–Trinajstić information content (AvgIpc) is 2.56. The number of benzene rings is 1. The molecule has 0 radical (unpaired) electrons. The molecule has 0 bridgehead atoms. The summed E-state index contributed by atoms with van der Waals surface area (Å²) in [5.41, 5.74) is 1.44. The second-order valence-corrected chi connectivity index (χ2v) is 5.76. The van der Waals surface area contributed by atoms with Crippen LogP contribution < -0.4 is 5.46 Å². The summed E-state index contributed by atoms with van der Waals surface area (Å²) < 4.78 is 12.0. The van der Waals surface area contributed by atoms with E-state index in [0.29, 0.717) is 6.61 Å². The van der Waals surface area contributed by atoms with Crippen LogP contribution in [0.4, 0.5) is 0 Å². The van der Waals surface area contributed by atoms with Crippen LogP contribution in [0.5, 0.6) is 0 Å². The van der Waals surface area contributed by atoms with Gasteiger partial charge in [-0.15, -0.1) is 0 Å². The van der Waals surface area contributed by atoms with Crippen molar-refractivity contribution in [3.63, 3.8) is 0 Å². The third-order valence-electron chi connectivity index (χ3n) is 3.85. The lowest BCUT2D eigenvalue weighted by molar-refractivity contribution is -0.282. The van der Waals surface area contributed by atoms with E-state index < -0.39 is 0 Å². The largest absolute Gasteiger partial charge is 0.494 e. The lowest BCUT2D eigenvalue weighted by Gasteiger charge is -2.32. The van der Waals surface area contributed by atoms with Crippen molar-refractivity contribution in [3.05, 3.63) is 29.8 Å². The van der Waals surface area contributed by atoms with Gasteiger partial charge in [-0.1, -0.05) is 24.3 Å². The summed E-state index contributed by atoms with van der Waals surface area (Å²) >= 11 is 0. The van der Waals surface area contributed by atoms with Gasteiger partial charge < -0.3 is 9.31 Å². The molecule has 1 aromatic rings. The highest BCUT2D eigenvalue weighted by atomic mass is 17.2. The van der Waals surface area contributed by atoms with Crippen molar-refractivity contribution in [2.24, 2.45) is 0 Å². The third-order valence-corrected chi connectivity index (χ3v) is 3.85. The first-order chi connectivity index (χ1) is 8.86. The Hall–Kier alpha value is -0.875. The molecule has 0 saturated carbocycles. The van der Waals surface area contributed by atoms with Gasteiger partial charge in [0, 0.05) is 0 Å². The molecule has 1 heterocycles. The van der Waals surface area contributed by atoms with Crippen molar-refractivity contribution in [2.75, 3.05) is 7.11 Å². The third kappa shape index (κ3) is 3.00. The molecule has 0 unspecified atom stereocenters. The van der Waals surface area contributed by atoms with E-state index in [1.807, 2.05) is 52.0 Å². The molecule has 0 amide bonds. The Balaban J connectivity index is 2.08. The standard InChI is InChI=1S/C14H21BO4/c1-13(2)14(3,4)19-15(18-13)12-8-6-11(7-9-12)10-17-16-5/h6-9H,10H2,1-5H3. The van der Waals surface area contributed by atoms with Crippen molar-refractivity contribution < 1.29 is 19.1 Å². The van der Waals surface area contributed by atoms with Gasteiger partial charge in [0.05, 0.1) is 18.3 Å². The van der Waals surface area contributed by atoms with Crippen molar-refractivity contribution >= 4 is 12.6 Å². The zero-order valence-corrected chi connectivity index (χ0v) is 12.2. The van der Waals surface area contributed by atoms with E-state index in [9.17, 15) is 0 Å². The molecule has 19 heavy (non-hydrogen) atoms. The lowest BCUT2D eigenvalue weighted by Crippen LogP contribution is -2.41. The molecule has 0 N–H and O–H groups in total. The normalized spacial score (nSPS) is 20.8. The van der Waals surface area contributed by atoms with E-state index in [4.69, 9.17) is 14.2 Å². The van der Waals surface area contributed by atoms with Crippen LogP contribution in [-0.2, 0) is 25.7 Å². The van der Waals surface area contributed by atoms with E-state index in [0.717, 1.165) is 11.0 Å². The Bertz CT molecular complexity index is 412. The van der Waals surface area contributed by atoms with Crippen LogP contribution in [0.2, 0.25) is 0 Å². The molecule has 2 rings (SSSR count). The first-order valence-electron chi connectivity index (χ1n) is 6.46. The van der Waals surface area contributed by atoms with E-state index in [2.05, 4.69) is 4.89 Å². The summed E-state index contributed by atoms with van der Waals surface area (Å²) in [6.07, 6.45) is 0. The molecule has 0 aliphatic carbocycles. The van der Waals surface area contributed by atoms with Crippen LogP contribution in [0, 0.1) is 0 Å². The second-order valence-electron chi connectivity index (χ2n) is 5.76. The highest BCUT2D eigenvalue weighted by Crippen LogP contribution is 2.36. The van der Waals surface area contributed by atoms with Crippen molar-refractivity contribution in [3.8, 4) is 0 Å². The minimum Gasteiger partial charge on any atom is -0.399 e. The fourth-order valence-corrected chi connectivity index (χ4v) is 1.88. The van der Waals surface area contributed by atoms with Crippen LogP contribution >= 0.6 is 0 Å². The van der Waals surface area contributed by atoms with E-state index in [-0.39, 0.29) is 18.3 Å². The van der Waals surface area contributed by atoms with Gasteiger partial charge in [0.2, 0.25) is 0 Å². The minimum atomic E-state index is -0.317. The van der Waals surface area contributed by atoms with Crippen LogP contribution in [0.1, 0.15) is 33.3 Å². The van der Waals surface area contributed by atoms with E-state index in [1.165, 1.54) is 7.11 Å². The van der Waals surface area contributed by atoms with Gasteiger partial charge in [-0.2, -0.15) is 0 Å². The number of hydrogen-bond acceptors (Lipinski definition) is 4. The SMILES string of the molecule is COOCc1ccc(B2OC(C)(C)C(C)(C)O2)cc1. The van der Waals surface area contributed by atoms with Crippen LogP contribution in [0.15, 0.2) is 24.3 Å². The first-order valence-corrected chi connectivity index (χ1v) is 6.46. The Morgan fingerprint density at radius 2 is 1.53 bits per heavy atom. The molecule has 1 fully saturated rings. The van der Waals surface area contributed by atoms with Gasteiger partial charge in [0.15, 0.2) is 0 Å². The molecule has 5 heteroatoms. The predicted octanol–water partition coefficient (Wildman–Crippen LogP) is 2.06. The van der Waals surface area contributed by atoms with Crippen molar-refractivity contribution in [1.82, 2.24) is 0 Å². The molecular formula is C14H21BO4. The molecule has 0 atom stereocenters. The second kappa shape index (κ2) is 5.25. The van der Waals surface area contributed by atoms with Gasteiger partial charge in [-0.3, -0.25) is 0 Å². The van der Waals surface area contributed by atoms with Crippen molar-refractivity contribution in [2.45, 2.75) is 45.5 Å². The Kier molecular flexibility index (Phi) is 4.01. The summed E-state index contributed by atoms with van der Waals surface area (Å²) in [4.78, 5) is 9.47. The topological polar surface area (TPSA) is 36.9 Å². The van der Waals surface area contributed by atoms with Gasteiger partial charge in [-0.25, -0.2) is 9.78 Å². The van der Waals surface area contributed by atoms with Crippen LogP contribution in [0.25, 0.3) is 0 Å². The van der Waals surface area contributed by atoms with Crippen LogP contribution in [-0.4, -0.2) is 25.4 Å². The smallest absolute Gasteiger partial charge is 0.399 e. The zero-order chi connectivity index (χ0) is 14.1. The summed E-state index contributed by atoms with van der Waals surface area (Å²) in [5.74, 6) is 0. The van der Waals surface area contributed by atoms with E-state index >= 15 is 0 Å². The molecule has 0 spiro atoms. The molecule has 1 saturated heterocycles. The molecular weight excluding hydrogens is 243 g/mol. The zero-order valence-electron chi connectivity index (χ0n) is 12.2. The average molecular weight is 264 g/mol. The summed E-state index contributed by atoms with van der Waals surface area (Å²) in [6.45, 7) is 8.63. The minimum absolute atomic E-state index is 0.310. The monoisotopic (exact) mass is 264 g/mol. The maximum atomic E-state index is 5.99. The summed E-state index contributed by atoms with van der Waals surface area (Å²) in [5, 5.41) is 0. The predicted molar refractivity (Wildman–Crippen MR) is 74.0 cm³/mol. The number of rotatable bonds is 4. The van der Waals surface area contributed by atoms with Gasteiger partial charge in [0.1, 0.15) is 6.61 Å². The highest BCUT2D eigenvalue weighted by molar-refractivity contribution is 6.62. The van der Waals surface area contributed by atoms with Gasteiger partial charge in [0.25, 0.3) is 0 Å².